The first kappa shape index (κ1) is 22.4. The van der Waals surface area contributed by atoms with E-state index in [1.807, 2.05) is 18.2 Å². The van der Waals surface area contributed by atoms with Crippen molar-refractivity contribution in [1.29, 1.82) is 0 Å². The van der Waals surface area contributed by atoms with Gasteiger partial charge >= 0.3 is 12.4 Å². The summed E-state index contributed by atoms with van der Waals surface area (Å²) in [6.07, 6.45) is -3.19. The predicted molar refractivity (Wildman–Crippen MR) is 117 cm³/mol. The molecule has 1 fully saturated rings. The predicted octanol–water partition coefficient (Wildman–Crippen LogP) is 4.92. The monoisotopic (exact) mass is 458 g/mol. The van der Waals surface area contributed by atoms with Crippen LogP contribution in [0.4, 0.5) is 29.3 Å². The van der Waals surface area contributed by atoms with Crippen molar-refractivity contribution in [2.24, 2.45) is 0 Å². The molecule has 1 aromatic heterocycles. The van der Waals surface area contributed by atoms with Crippen LogP contribution in [-0.2, 0) is 11.3 Å². The lowest BCUT2D eigenvalue weighted by Gasteiger charge is -2.28. The zero-order valence-electron chi connectivity index (χ0n) is 18.1. The summed E-state index contributed by atoms with van der Waals surface area (Å²) in [4.78, 5) is 33.2. The molecule has 172 valence electrons. The minimum atomic E-state index is -4.83. The van der Waals surface area contributed by atoms with Gasteiger partial charge in [-0.15, -0.1) is 13.2 Å². The molecular formula is C23H21F3N4O3. The van der Waals surface area contributed by atoms with E-state index in [4.69, 9.17) is 0 Å². The molecule has 0 atom stereocenters. The lowest BCUT2D eigenvalue weighted by Crippen LogP contribution is -2.43. The second-order valence-corrected chi connectivity index (χ2v) is 8.06. The third-order valence-electron chi connectivity index (χ3n) is 5.60. The van der Waals surface area contributed by atoms with Crippen LogP contribution in [0.25, 0.3) is 10.9 Å². The third kappa shape index (κ3) is 4.15. The van der Waals surface area contributed by atoms with Gasteiger partial charge in [0, 0.05) is 30.9 Å². The van der Waals surface area contributed by atoms with E-state index < -0.39 is 29.6 Å². The Balaban J connectivity index is 1.64. The van der Waals surface area contributed by atoms with Gasteiger partial charge in [-0.1, -0.05) is 6.07 Å². The first-order valence-electron chi connectivity index (χ1n) is 10.1. The molecule has 1 aliphatic heterocycles. The minimum Gasteiger partial charge on any atom is -0.406 e. The number of nitrogens with one attached hydrogen (secondary N) is 1. The molecule has 10 heteroatoms. The Morgan fingerprint density at radius 1 is 1.06 bits per heavy atom. The normalized spacial score (nSPS) is 15.9. The summed E-state index contributed by atoms with van der Waals surface area (Å²) in [5.41, 5.74) is 1.44. The van der Waals surface area contributed by atoms with Crippen LogP contribution in [0.5, 0.6) is 5.75 Å². The van der Waals surface area contributed by atoms with E-state index in [-0.39, 0.29) is 12.2 Å². The number of hydrogen-bond donors (Lipinski definition) is 1. The summed E-state index contributed by atoms with van der Waals surface area (Å²) >= 11 is 0. The summed E-state index contributed by atoms with van der Waals surface area (Å²) in [7, 11) is 1.80. The van der Waals surface area contributed by atoms with Gasteiger partial charge < -0.3 is 15.0 Å². The summed E-state index contributed by atoms with van der Waals surface area (Å²) in [6.45, 7) is 3.43. The molecule has 1 saturated heterocycles. The number of fused-ring (bicyclic) bond motifs is 1. The summed E-state index contributed by atoms with van der Waals surface area (Å²) in [5.74, 6) is -0.918. The molecule has 1 aliphatic rings. The van der Waals surface area contributed by atoms with Gasteiger partial charge in [-0.25, -0.2) is 9.69 Å². The number of rotatable bonds is 5. The number of anilines is 2. The molecule has 0 spiro atoms. The highest BCUT2D eigenvalue weighted by atomic mass is 19.4. The molecule has 33 heavy (non-hydrogen) atoms. The van der Waals surface area contributed by atoms with Crippen molar-refractivity contribution >= 4 is 34.2 Å². The maximum Gasteiger partial charge on any atom is 0.573 e. The number of hydrogen-bond acceptors (Lipinski definition) is 5. The number of urea groups is 1. The number of carbonyl (C=O) groups is 2. The Morgan fingerprint density at radius 2 is 1.76 bits per heavy atom. The first-order valence-corrected chi connectivity index (χ1v) is 10.1. The quantitative estimate of drug-likeness (QED) is 0.550. The lowest BCUT2D eigenvalue weighted by molar-refractivity contribution is -0.274. The molecule has 1 N–H and O–H groups in total. The van der Waals surface area contributed by atoms with Crippen LogP contribution in [0.3, 0.4) is 0 Å². The molecular weight excluding hydrogens is 437 g/mol. The minimum absolute atomic E-state index is 0.154. The maximum atomic E-state index is 13.3. The molecule has 3 amide bonds. The number of amides is 3. The molecule has 0 saturated carbocycles. The molecule has 0 unspecified atom stereocenters. The van der Waals surface area contributed by atoms with Crippen molar-refractivity contribution in [2.45, 2.75) is 32.3 Å². The van der Waals surface area contributed by atoms with E-state index in [9.17, 15) is 22.8 Å². The Morgan fingerprint density at radius 3 is 2.39 bits per heavy atom. The average Bonchev–Trinajstić information content (AvgIpc) is 2.92. The molecule has 2 aromatic carbocycles. The zero-order chi connectivity index (χ0) is 24.0. The number of pyridine rings is 1. The molecule has 3 aromatic rings. The Bertz CT molecular complexity index is 1230. The topological polar surface area (TPSA) is 74.8 Å². The Kier molecular flexibility index (Phi) is 5.39. The van der Waals surface area contributed by atoms with Crippen molar-refractivity contribution in [1.82, 2.24) is 9.88 Å². The van der Waals surface area contributed by atoms with Crippen LogP contribution in [0.2, 0.25) is 0 Å². The van der Waals surface area contributed by atoms with Gasteiger partial charge in [0.15, 0.2) is 0 Å². The third-order valence-corrected chi connectivity index (χ3v) is 5.60. The van der Waals surface area contributed by atoms with Crippen LogP contribution in [-0.4, -0.2) is 40.8 Å². The number of halogens is 3. The molecule has 7 nitrogen and oxygen atoms in total. The van der Waals surface area contributed by atoms with Crippen LogP contribution in [0.1, 0.15) is 19.4 Å². The highest BCUT2D eigenvalue weighted by Crippen LogP contribution is 2.35. The van der Waals surface area contributed by atoms with Crippen LogP contribution in [0, 0.1) is 0 Å². The number of carbonyl (C=O) groups excluding carboxylic acids is 2. The molecule has 0 aliphatic carbocycles. The number of ether oxygens (including phenoxy) is 1. The van der Waals surface area contributed by atoms with E-state index in [1.54, 1.807) is 33.2 Å². The molecule has 0 bridgehead atoms. The fourth-order valence-electron chi connectivity index (χ4n) is 3.80. The first-order chi connectivity index (χ1) is 15.5. The largest absolute Gasteiger partial charge is 0.573 e. The van der Waals surface area contributed by atoms with Crippen molar-refractivity contribution in [3.63, 3.8) is 0 Å². The zero-order valence-corrected chi connectivity index (χ0v) is 18.1. The highest BCUT2D eigenvalue weighted by Gasteiger charge is 2.51. The number of benzene rings is 2. The van der Waals surface area contributed by atoms with Crippen molar-refractivity contribution in [3.8, 4) is 5.75 Å². The average molecular weight is 458 g/mol. The Labute approximate surface area is 187 Å². The van der Waals surface area contributed by atoms with E-state index in [0.717, 1.165) is 39.2 Å². The molecule has 2 heterocycles. The standard InChI is InChI=1S/C23H21F3N4O3/c1-22(2)20(31)30(16-5-7-17(8-6-16)33-23(24,25)26)21(32)29(22)13-14-10-11-28-19-12-15(27-3)4-9-18(14)19/h4-12,27H,13H2,1-3H3. The van der Waals surface area contributed by atoms with E-state index >= 15 is 0 Å². The summed E-state index contributed by atoms with van der Waals surface area (Å²) in [6, 6.07) is 11.5. The van der Waals surface area contributed by atoms with E-state index in [2.05, 4.69) is 15.0 Å². The Hall–Kier alpha value is -3.82. The van der Waals surface area contributed by atoms with Gasteiger partial charge in [0.1, 0.15) is 11.3 Å². The number of nitrogens with zero attached hydrogens (tertiary/aromatic N) is 3. The fraction of sp³-hybridized carbons (Fsp3) is 0.261. The molecule has 0 radical (unpaired) electrons. The number of alkyl halides is 3. The summed E-state index contributed by atoms with van der Waals surface area (Å²) in [5, 5.41) is 3.90. The summed E-state index contributed by atoms with van der Waals surface area (Å²) < 4.78 is 41.1. The van der Waals surface area contributed by atoms with E-state index in [0.29, 0.717) is 0 Å². The van der Waals surface area contributed by atoms with Crippen molar-refractivity contribution in [2.75, 3.05) is 17.3 Å². The highest BCUT2D eigenvalue weighted by molar-refractivity contribution is 6.23. The fourth-order valence-corrected chi connectivity index (χ4v) is 3.80. The second kappa shape index (κ2) is 7.95. The van der Waals surface area contributed by atoms with Crippen LogP contribution in [0.15, 0.2) is 54.7 Å². The van der Waals surface area contributed by atoms with Gasteiger partial charge in [0.25, 0.3) is 5.91 Å². The number of imide groups is 1. The smallest absolute Gasteiger partial charge is 0.406 e. The van der Waals surface area contributed by atoms with Crippen molar-refractivity contribution in [3.05, 3.63) is 60.3 Å². The number of aromatic nitrogens is 1. The van der Waals surface area contributed by atoms with Gasteiger partial charge in [0.2, 0.25) is 0 Å². The second-order valence-electron chi connectivity index (χ2n) is 8.06. The van der Waals surface area contributed by atoms with Crippen molar-refractivity contribution < 1.29 is 27.5 Å². The van der Waals surface area contributed by atoms with Gasteiger partial charge in [-0.2, -0.15) is 0 Å². The van der Waals surface area contributed by atoms with Gasteiger partial charge in [-0.05, 0) is 61.9 Å². The SMILES string of the molecule is CNc1ccc2c(CN3C(=O)N(c4ccc(OC(F)(F)F)cc4)C(=O)C3(C)C)ccnc2c1. The van der Waals surface area contributed by atoms with E-state index in [1.165, 1.54) is 17.0 Å². The van der Waals surface area contributed by atoms with Crippen LogP contribution < -0.4 is 15.0 Å². The van der Waals surface area contributed by atoms with Gasteiger partial charge in [-0.3, -0.25) is 9.78 Å². The maximum absolute atomic E-state index is 13.3. The van der Waals surface area contributed by atoms with Gasteiger partial charge in [0.05, 0.1) is 11.2 Å². The molecule has 4 rings (SSSR count). The van der Waals surface area contributed by atoms with Crippen LogP contribution >= 0.6 is 0 Å². The lowest BCUT2D eigenvalue weighted by atomic mass is 10.0.